The number of aromatic nitrogens is 5. The minimum absolute atomic E-state index is 0.130. The fourth-order valence-corrected chi connectivity index (χ4v) is 10.3. The Hall–Kier alpha value is -5.38. The Morgan fingerprint density at radius 3 is 2.38 bits per heavy atom. The van der Waals surface area contributed by atoms with Gasteiger partial charge in [0.25, 0.3) is 12.3 Å². The lowest BCUT2D eigenvalue weighted by molar-refractivity contribution is -0.148. The van der Waals surface area contributed by atoms with E-state index in [4.69, 9.17) is 4.98 Å². The summed E-state index contributed by atoms with van der Waals surface area (Å²) in [7, 11) is 1.89. The smallest absolute Gasteiger partial charge is 0.309 e. The lowest BCUT2D eigenvalue weighted by Crippen LogP contribution is -2.34. The number of carbonyl (C=O) groups excluding carboxylic acids is 1. The Kier molecular flexibility index (Phi) is 10.4. The van der Waals surface area contributed by atoms with Gasteiger partial charge in [-0.3, -0.25) is 24.4 Å². The zero-order valence-corrected chi connectivity index (χ0v) is 34.3. The van der Waals surface area contributed by atoms with Gasteiger partial charge in [0, 0.05) is 69.5 Å². The van der Waals surface area contributed by atoms with Gasteiger partial charge in [-0.2, -0.15) is 0 Å². The van der Waals surface area contributed by atoms with Gasteiger partial charge in [-0.05, 0) is 117 Å². The van der Waals surface area contributed by atoms with E-state index in [0.717, 1.165) is 104 Å². The Morgan fingerprint density at radius 2 is 1.70 bits per heavy atom. The normalized spacial score (nSPS) is 22.8. The minimum atomic E-state index is -2.89. The molecule has 2 saturated carbocycles. The first kappa shape index (κ1) is 40.0. The molecule has 1 saturated heterocycles. The average Bonchev–Trinajstić information content (AvgIpc) is 4.01. The van der Waals surface area contributed by atoms with Crippen LogP contribution in [0.4, 0.5) is 26.0 Å². The van der Waals surface area contributed by atoms with Crippen LogP contribution in [0.1, 0.15) is 95.9 Å². The molecular weight excluding hydrogens is 769 g/mol. The summed E-state index contributed by atoms with van der Waals surface area (Å²) in [6, 6.07) is 13.2. The Labute approximate surface area is 347 Å². The molecule has 15 heteroatoms. The number of halogens is 2. The van der Waals surface area contributed by atoms with E-state index in [0.29, 0.717) is 54.3 Å². The predicted octanol–water partition coefficient (Wildman–Crippen LogP) is 7.33. The molecule has 5 aromatic rings. The number of benzene rings is 2. The molecule has 5 heterocycles. The second kappa shape index (κ2) is 15.6. The second-order valence-corrected chi connectivity index (χ2v) is 17.6. The van der Waals surface area contributed by atoms with Gasteiger partial charge < -0.3 is 25.4 Å². The number of β-amino-alcohol motifs (C(OH)–C–C–N with tert-alkyl or cyclic N) is 1. The number of hydrogen-bond acceptors (Lipinski definition) is 10. The van der Waals surface area contributed by atoms with Gasteiger partial charge in [0.2, 0.25) is 0 Å². The second-order valence-electron chi connectivity index (χ2n) is 17.6. The predicted molar refractivity (Wildman–Crippen MR) is 223 cm³/mol. The summed E-state index contributed by atoms with van der Waals surface area (Å²) in [5.41, 5.74) is 7.86. The molecule has 314 valence electrons. The molecule has 1 atom stereocenters. The van der Waals surface area contributed by atoms with Crippen molar-refractivity contribution in [3.8, 4) is 11.1 Å². The van der Waals surface area contributed by atoms with Gasteiger partial charge in [0.1, 0.15) is 5.52 Å². The topological polar surface area (TPSA) is 162 Å². The van der Waals surface area contributed by atoms with Crippen LogP contribution in [0.2, 0.25) is 0 Å². The first-order valence-corrected chi connectivity index (χ1v) is 20.9. The number of amides is 1. The fourth-order valence-electron chi connectivity index (χ4n) is 10.3. The molecule has 3 aromatic heterocycles. The summed E-state index contributed by atoms with van der Waals surface area (Å²) in [6.07, 6.45) is 5.27. The summed E-state index contributed by atoms with van der Waals surface area (Å²) in [4.78, 5) is 48.2. The van der Waals surface area contributed by atoms with Gasteiger partial charge in [0.15, 0.2) is 17.5 Å². The molecule has 1 amide bonds. The molecule has 0 radical (unpaired) electrons. The van der Waals surface area contributed by atoms with Crippen LogP contribution in [-0.2, 0) is 31.4 Å². The molecule has 2 aliphatic carbocycles. The Bertz CT molecular complexity index is 2500. The van der Waals surface area contributed by atoms with Crippen molar-refractivity contribution in [2.75, 3.05) is 36.8 Å². The van der Waals surface area contributed by atoms with E-state index in [-0.39, 0.29) is 23.2 Å². The minimum Gasteiger partial charge on any atom is -0.481 e. The number of likely N-dealkylation sites (tertiary alicyclic amines) is 1. The van der Waals surface area contributed by atoms with Crippen LogP contribution >= 0.6 is 0 Å². The fraction of sp³-hybridized carbons (Fsp3) is 0.467. The molecular formula is C45H51F2N9O4. The summed E-state index contributed by atoms with van der Waals surface area (Å²) < 4.78 is 30.1. The van der Waals surface area contributed by atoms with E-state index in [1.54, 1.807) is 12.3 Å². The molecule has 2 aliphatic heterocycles. The number of nitrogens with zero attached hydrogens (tertiary/aromatic N) is 7. The van der Waals surface area contributed by atoms with Crippen molar-refractivity contribution in [2.24, 2.45) is 17.9 Å². The molecule has 13 nitrogen and oxygen atoms in total. The molecule has 0 unspecified atom stereocenters. The van der Waals surface area contributed by atoms with Gasteiger partial charge >= 0.3 is 5.97 Å². The largest absolute Gasteiger partial charge is 0.481 e. The number of carboxylic acids is 1. The third-order valence-electron chi connectivity index (χ3n) is 13.8. The van der Waals surface area contributed by atoms with Crippen LogP contribution in [-0.4, -0.2) is 88.7 Å². The van der Waals surface area contributed by atoms with Crippen LogP contribution in [0.25, 0.3) is 22.2 Å². The maximum Gasteiger partial charge on any atom is 0.309 e. The van der Waals surface area contributed by atoms with Crippen molar-refractivity contribution in [3.63, 3.8) is 0 Å². The van der Waals surface area contributed by atoms with Crippen LogP contribution < -0.4 is 10.6 Å². The van der Waals surface area contributed by atoms with E-state index in [1.807, 2.05) is 61.9 Å². The van der Waals surface area contributed by atoms with Gasteiger partial charge in [-0.15, -0.1) is 0 Å². The zero-order valence-electron chi connectivity index (χ0n) is 34.3. The first-order chi connectivity index (χ1) is 28.8. The average molecular weight is 820 g/mol. The molecule has 4 N–H and O–H groups in total. The monoisotopic (exact) mass is 819 g/mol. The molecule has 0 spiro atoms. The number of aliphatic carboxylic acids is 1. The van der Waals surface area contributed by atoms with Crippen molar-refractivity contribution in [2.45, 2.75) is 90.8 Å². The third-order valence-corrected chi connectivity index (χ3v) is 13.8. The molecule has 2 bridgehead atoms. The highest BCUT2D eigenvalue weighted by atomic mass is 19.3. The standard InChI is InChI=1S/C45H51F2N9O4/c1-26-30(6-4-8-32(26)49-39-37-34(50-40(53-39)38(46)47)20-28(21-48-37)22-56-17-10-29(57)23-56)31-7-5-9-33(27(31)2)52-42(58)41-51-35-24-55(18-11-36(35)54(41)3)19-16-44-12-14-45(25-44,15-13-44)43(59)60/h4-9,20-21,29,38,57H,10-19,22-25H2,1-3H3,(H,52,58)(H,59,60)(H,49,50,53)/t29-,44?,45?/m0/s1. The lowest BCUT2D eigenvalue weighted by Gasteiger charge is -2.32. The highest BCUT2D eigenvalue weighted by molar-refractivity contribution is 6.03. The van der Waals surface area contributed by atoms with Gasteiger partial charge in [-0.1, -0.05) is 24.3 Å². The Balaban J connectivity index is 0.907. The van der Waals surface area contributed by atoms with Crippen molar-refractivity contribution in [3.05, 3.63) is 88.4 Å². The zero-order chi connectivity index (χ0) is 41.9. The highest BCUT2D eigenvalue weighted by Gasteiger charge is 2.57. The number of aliphatic hydroxyl groups is 1. The Morgan fingerprint density at radius 1 is 0.967 bits per heavy atom. The summed E-state index contributed by atoms with van der Waals surface area (Å²) >= 11 is 0. The number of fused-ring (bicyclic) bond motifs is 4. The number of imidazole rings is 1. The molecule has 3 fully saturated rings. The summed E-state index contributed by atoms with van der Waals surface area (Å²) in [5, 5.41) is 26.2. The maximum absolute atomic E-state index is 14.1. The summed E-state index contributed by atoms with van der Waals surface area (Å²) in [6.45, 7) is 8.14. The van der Waals surface area contributed by atoms with Crippen LogP contribution in [0, 0.1) is 24.7 Å². The molecule has 4 aliphatic rings. The number of hydrogen-bond donors (Lipinski definition) is 4. The number of aliphatic hydroxyl groups excluding tert-OH is 1. The number of anilines is 3. The lowest BCUT2D eigenvalue weighted by atomic mass is 9.80. The van der Waals surface area contributed by atoms with Crippen LogP contribution in [0.3, 0.4) is 0 Å². The number of nitrogens with one attached hydrogen (secondary N) is 2. The van der Waals surface area contributed by atoms with Crippen LogP contribution in [0.5, 0.6) is 0 Å². The van der Waals surface area contributed by atoms with Crippen molar-refractivity contribution >= 4 is 40.1 Å². The van der Waals surface area contributed by atoms with E-state index >= 15 is 0 Å². The first-order valence-electron chi connectivity index (χ1n) is 20.9. The molecule has 60 heavy (non-hydrogen) atoms. The van der Waals surface area contributed by atoms with E-state index in [9.17, 15) is 28.6 Å². The number of carbonyl (C=O) groups is 2. The van der Waals surface area contributed by atoms with E-state index in [2.05, 4.69) is 35.4 Å². The van der Waals surface area contributed by atoms with Crippen molar-refractivity contribution in [1.82, 2.24) is 34.3 Å². The molecule has 9 rings (SSSR count). The summed E-state index contributed by atoms with van der Waals surface area (Å²) in [5.74, 6) is -1.00. The van der Waals surface area contributed by atoms with Crippen molar-refractivity contribution < 1.29 is 28.6 Å². The number of pyridine rings is 1. The quantitative estimate of drug-likeness (QED) is 0.0998. The maximum atomic E-state index is 14.1. The number of rotatable bonds is 12. The van der Waals surface area contributed by atoms with Crippen LogP contribution in [0.15, 0.2) is 48.7 Å². The highest BCUT2D eigenvalue weighted by Crippen LogP contribution is 2.63. The van der Waals surface area contributed by atoms with E-state index < -0.39 is 23.6 Å². The number of alkyl halides is 2. The van der Waals surface area contributed by atoms with Crippen molar-refractivity contribution in [1.29, 1.82) is 0 Å². The van der Waals surface area contributed by atoms with Gasteiger partial charge in [0.05, 0.1) is 22.7 Å². The molecule has 2 aromatic carbocycles. The van der Waals surface area contributed by atoms with Gasteiger partial charge in [-0.25, -0.2) is 23.7 Å². The SMILES string of the molecule is Cc1c(NC(=O)c2nc3c(n2C)CCN(CCC24CCC(C(=O)O)(CC2)C4)C3)cccc1-c1cccc(Nc2nc(C(F)F)nc3cc(CN4CC[C@H](O)C4)cnc23)c1C. The third kappa shape index (κ3) is 7.40. The van der Waals surface area contributed by atoms with E-state index in [1.165, 1.54) is 0 Å². The number of carboxylic acid groups (broad SMARTS) is 1.